The molecule has 6 heteroatoms. The topological polar surface area (TPSA) is 42.3 Å². The lowest BCUT2D eigenvalue weighted by Crippen LogP contribution is -2.49. The summed E-state index contributed by atoms with van der Waals surface area (Å²) in [6, 6.07) is 0.399. The standard InChI is InChI=1S/C14H24N4O.ClH/c1-17-6-5-16-14(17)13-9-15-4-7-18(13)10-12-3-2-8-19-11-12;/h5-6,12-13,15H,2-4,7-11H2,1H3;1H. The van der Waals surface area contributed by atoms with E-state index in [0.29, 0.717) is 12.0 Å². The zero-order chi connectivity index (χ0) is 13.1. The second kappa shape index (κ2) is 7.41. The highest BCUT2D eigenvalue weighted by molar-refractivity contribution is 5.85. The first-order valence-electron chi connectivity index (χ1n) is 7.34. The van der Waals surface area contributed by atoms with E-state index in [-0.39, 0.29) is 12.4 Å². The minimum absolute atomic E-state index is 0. The molecule has 1 N–H and O–H groups in total. The van der Waals surface area contributed by atoms with Gasteiger partial charge in [0.1, 0.15) is 5.82 Å². The van der Waals surface area contributed by atoms with Gasteiger partial charge in [0.2, 0.25) is 0 Å². The first kappa shape index (κ1) is 15.8. The van der Waals surface area contributed by atoms with Crippen LogP contribution in [0.2, 0.25) is 0 Å². The quantitative estimate of drug-likeness (QED) is 0.911. The van der Waals surface area contributed by atoms with Crippen molar-refractivity contribution in [3.63, 3.8) is 0 Å². The molecule has 0 amide bonds. The first-order valence-corrected chi connectivity index (χ1v) is 7.34. The normalized spacial score (nSPS) is 28.1. The lowest BCUT2D eigenvalue weighted by molar-refractivity contribution is 0.0252. The highest BCUT2D eigenvalue weighted by atomic mass is 35.5. The van der Waals surface area contributed by atoms with Gasteiger partial charge in [-0.05, 0) is 18.8 Å². The lowest BCUT2D eigenvalue weighted by atomic mass is 10.00. The average molecular weight is 301 g/mol. The van der Waals surface area contributed by atoms with Gasteiger partial charge < -0.3 is 14.6 Å². The van der Waals surface area contributed by atoms with Gasteiger partial charge in [0.25, 0.3) is 0 Å². The number of aryl methyl sites for hydroxylation is 1. The van der Waals surface area contributed by atoms with Crippen LogP contribution in [0, 0.1) is 5.92 Å². The van der Waals surface area contributed by atoms with Crippen LogP contribution in [0.3, 0.4) is 0 Å². The minimum Gasteiger partial charge on any atom is -0.381 e. The Balaban J connectivity index is 0.00000147. The van der Waals surface area contributed by atoms with E-state index < -0.39 is 0 Å². The molecule has 2 aliphatic heterocycles. The Labute approximate surface area is 127 Å². The summed E-state index contributed by atoms with van der Waals surface area (Å²) in [5, 5.41) is 3.49. The van der Waals surface area contributed by atoms with Crippen LogP contribution in [-0.2, 0) is 11.8 Å². The summed E-state index contributed by atoms with van der Waals surface area (Å²) in [5.41, 5.74) is 0. The molecule has 0 aliphatic carbocycles. The molecule has 3 heterocycles. The van der Waals surface area contributed by atoms with Gasteiger partial charge in [-0.2, -0.15) is 0 Å². The van der Waals surface area contributed by atoms with Crippen molar-refractivity contribution in [3.8, 4) is 0 Å². The van der Waals surface area contributed by atoms with Crippen LogP contribution >= 0.6 is 12.4 Å². The predicted molar refractivity (Wildman–Crippen MR) is 81.2 cm³/mol. The fourth-order valence-electron chi connectivity index (χ4n) is 3.20. The minimum atomic E-state index is 0. The largest absolute Gasteiger partial charge is 0.381 e. The SMILES string of the molecule is Cl.Cn1ccnc1C1CNCCN1CC1CCCOC1. The van der Waals surface area contributed by atoms with Crippen molar-refractivity contribution in [2.75, 3.05) is 39.4 Å². The molecule has 0 bridgehead atoms. The number of hydrogen-bond donors (Lipinski definition) is 1. The summed E-state index contributed by atoms with van der Waals surface area (Å²) in [4.78, 5) is 7.11. The maximum Gasteiger partial charge on any atom is 0.127 e. The summed E-state index contributed by atoms with van der Waals surface area (Å²) >= 11 is 0. The molecule has 2 fully saturated rings. The van der Waals surface area contributed by atoms with Gasteiger partial charge in [-0.15, -0.1) is 12.4 Å². The van der Waals surface area contributed by atoms with E-state index in [4.69, 9.17) is 4.74 Å². The van der Waals surface area contributed by atoms with Gasteiger partial charge in [-0.25, -0.2) is 4.98 Å². The average Bonchev–Trinajstić information content (AvgIpc) is 2.87. The monoisotopic (exact) mass is 300 g/mol. The van der Waals surface area contributed by atoms with E-state index in [9.17, 15) is 0 Å². The molecule has 3 rings (SSSR count). The van der Waals surface area contributed by atoms with Gasteiger partial charge in [0, 0.05) is 52.2 Å². The van der Waals surface area contributed by atoms with Crippen LogP contribution < -0.4 is 5.32 Å². The molecule has 0 radical (unpaired) electrons. The summed E-state index contributed by atoms with van der Waals surface area (Å²) in [5.74, 6) is 1.86. The molecule has 2 saturated heterocycles. The second-order valence-corrected chi connectivity index (χ2v) is 5.69. The molecule has 2 unspecified atom stereocenters. The molecule has 20 heavy (non-hydrogen) atoms. The maximum atomic E-state index is 5.61. The fraction of sp³-hybridized carbons (Fsp3) is 0.786. The number of aromatic nitrogens is 2. The third-order valence-corrected chi connectivity index (χ3v) is 4.26. The third kappa shape index (κ3) is 3.52. The fourth-order valence-corrected chi connectivity index (χ4v) is 3.20. The van der Waals surface area contributed by atoms with Gasteiger partial charge in [-0.1, -0.05) is 0 Å². The zero-order valence-electron chi connectivity index (χ0n) is 12.1. The maximum absolute atomic E-state index is 5.61. The number of piperazine rings is 1. The van der Waals surface area contributed by atoms with Gasteiger partial charge in [-0.3, -0.25) is 4.90 Å². The summed E-state index contributed by atoms with van der Waals surface area (Å²) < 4.78 is 7.75. The van der Waals surface area contributed by atoms with Crippen molar-refractivity contribution in [2.24, 2.45) is 13.0 Å². The molecule has 1 aromatic heterocycles. The van der Waals surface area contributed by atoms with E-state index in [2.05, 4.69) is 26.8 Å². The number of halogens is 1. The van der Waals surface area contributed by atoms with E-state index in [1.165, 1.54) is 18.7 Å². The Morgan fingerprint density at radius 1 is 1.50 bits per heavy atom. The Hall–Kier alpha value is -0.620. The van der Waals surface area contributed by atoms with E-state index in [0.717, 1.165) is 39.4 Å². The molecule has 2 aliphatic rings. The number of rotatable bonds is 3. The van der Waals surface area contributed by atoms with Gasteiger partial charge >= 0.3 is 0 Å². The highest BCUT2D eigenvalue weighted by Crippen LogP contribution is 2.24. The molecule has 1 aromatic rings. The number of nitrogens with zero attached hydrogens (tertiary/aromatic N) is 3. The van der Waals surface area contributed by atoms with Crippen molar-refractivity contribution in [1.82, 2.24) is 19.8 Å². The Morgan fingerprint density at radius 3 is 3.10 bits per heavy atom. The van der Waals surface area contributed by atoms with Gasteiger partial charge in [0.15, 0.2) is 0 Å². The summed E-state index contributed by atoms with van der Waals surface area (Å²) in [7, 11) is 2.08. The van der Waals surface area contributed by atoms with Crippen molar-refractivity contribution in [2.45, 2.75) is 18.9 Å². The van der Waals surface area contributed by atoms with Crippen LogP contribution in [0.5, 0.6) is 0 Å². The van der Waals surface area contributed by atoms with Crippen LogP contribution in [0.15, 0.2) is 12.4 Å². The van der Waals surface area contributed by atoms with Crippen LogP contribution in [0.4, 0.5) is 0 Å². The van der Waals surface area contributed by atoms with E-state index in [1.54, 1.807) is 0 Å². The smallest absolute Gasteiger partial charge is 0.127 e. The Bertz CT molecular complexity index is 406. The highest BCUT2D eigenvalue weighted by Gasteiger charge is 2.29. The van der Waals surface area contributed by atoms with E-state index in [1.807, 2.05) is 12.4 Å². The zero-order valence-corrected chi connectivity index (χ0v) is 12.9. The number of hydrogen-bond acceptors (Lipinski definition) is 4. The Morgan fingerprint density at radius 2 is 2.40 bits per heavy atom. The molecule has 2 atom stereocenters. The third-order valence-electron chi connectivity index (χ3n) is 4.26. The van der Waals surface area contributed by atoms with Crippen molar-refractivity contribution < 1.29 is 4.74 Å². The molecular formula is C14H25ClN4O. The number of ether oxygens (including phenoxy) is 1. The second-order valence-electron chi connectivity index (χ2n) is 5.69. The molecule has 5 nitrogen and oxygen atoms in total. The lowest BCUT2D eigenvalue weighted by Gasteiger charge is -2.38. The molecule has 0 spiro atoms. The summed E-state index contributed by atoms with van der Waals surface area (Å²) in [6.45, 7) is 6.19. The number of nitrogens with one attached hydrogen (secondary N) is 1. The number of imidazole rings is 1. The molecule has 114 valence electrons. The van der Waals surface area contributed by atoms with Crippen molar-refractivity contribution in [1.29, 1.82) is 0 Å². The molecular weight excluding hydrogens is 276 g/mol. The predicted octanol–water partition coefficient (Wildman–Crippen LogP) is 1.21. The first-order chi connectivity index (χ1) is 9.34. The van der Waals surface area contributed by atoms with Gasteiger partial charge in [0.05, 0.1) is 12.6 Å². The molecule has 0 saturated carbocycles. The molecule has 0 aromatic carbocycles. The van der Waals surface area contributed by atoms with Crippen molar-refractivity contribution in [3.05, 3.63) is 18.2 Å². The summed E-state index contributed by atoms with van der Waals surface area (Å²) in [6.07, 6.45) is 6.44. The van der Waals surface area contributed by atoms with Crippen LogP contribution in [0.25, 0.3) is 0 Å². The van der Waals surface area contributed by atoms with Crippen LogP contribution in [-0.4, -0.2) is 53.8 Å². The Kier molecular flexibility index (Phi) is 5.84. The van der Waals surface area contributed by atoms with Crippen LogP contribution in [0.1, 0.15) is 24.7 Å². The van der Waals surface area contributed by atoms with Crippen molar-refractivity contribution >= 4 is 12.4 Å². The van der Waals surface area contributed by atoms with E-state index >= 15 is 0 Å².